The molecule has 0 saturated carbocycles. The van der Waals surface area contributed by atoms with E-state index in [2.05, 4.69) is 15.2 Å². The number of rotatable bonds is 2. The van der Waals surface area contributed by atoms with Gasteiger partial charge in [0.1, 0.15) is 5.69 Å². The Morgan fingerprint density at radius 3 is 3.00 bits per heavy atom. The monoisotopic (exact) mass is 189 g/mol. The zero-order valence-electron chi connectivity index (χ0n) is 7.88. The van der Waals surface area contributed by atoms with Crippen LogP contribution < -0.4 is 5.73 Å². The molecule has 0 aliphatic carbocycles. The van der Waals surface area contributed by atoms with Crippen LogP contribution in [0.5, 0.6) is 0 Å². The molecule has 14 heavy (non-hydrogen) atoms. The van der Waals surface area contributed by atoms with Gasteiger partial charge in [-0.2, -0.15) is 5.10 Å². The van der Waals surface area contributed by atoms with Crippen LogP contribution in [0.2, 0.25) is 0 Å². The first kappa shape index (κ1) is 8.83. The van der Waals surface area contributed by atoms with E-state index in [0.29, 0.717) is 6.54 Å². The molecule has 0 fully saturated rings. The van der Waals surface area contributed by atoms with Crippen LogP contribution in [0.4, 0.5) is 0 Å². The lowest BCUT2D eigenvalue weighted by Crippen LogP contribution is -2.01. The van der Waals surface area contributed by atoms with Crippen molar-refractivity contribution >= 4 is 0 Å². The standard InChI is InChI=1S/C9H11N5/c1-14-3-2-11-9(14)8-4-7(5-10)6-12-13-8/h2-4,6H,5,10H2,1H3. The quantitative estimate of drug-likeness (QED) is 0.739. The van der Waals surface area contributed by atoms with Gasteiger partial charge in [0.05, 0.1) is 6.20 Å². The molecule has 2 N–H and O–H groups in total. The topological polar surface area (TPSA) is 69.6 Å². The Hall–Kier alpha value is -1.75. The van der Waals surface area contributed by atoms with E-state index in [9.17, 15) is 0 Å². The van der Waals surface area contributed by atoms with Gasteiger partial charge in [-0.15, -0.1) is 5.10 Å². The highest BCUT2D eigenvalue weighted by atomic mass is 15.1. The highest BCUT2D eigenvalue weighted by molar-refractivity contribution is 5.49. The normalized spacial score (nSPS) is 10.4. The number of nitrogens with zero attached hydrogens (tertiary/aromatic N) is 4. The molecule has 0 unspecified atom stereocenters. The van der Waals surface area contributed by atoms with E-state index in [1.165, 1.54) is 0 Å². The Kier molecular flexibility index (Phi) is 2.24. The lowest BCUT2D eigenvalue weighted by Gasteiger charge is -2.01. The fourth-order valence-electron chi connectivity index (χ4n) is 1.24. The van der Waals surface area contributed by atoms with Gasteiger partial charge < -0.3 is 10.3 Å². The molecule has 0 aliphatic rings. The summed E-state index contributed by atoms with van der Waals surface area (Å²) >= 11 is 0. The summed E-state index contributed by atoms with van der Waals surface area (Å²) < 4.78 is 1.89. The summed E-state index contributed by atoms with van der Waals surface area (Å²) in [6, 6.07) is 1.90. The van der Waals surface area contributed by atoms with Crippen LogP contribution in [0.25, 0.3) is 11.5 Å². The summed E-state index contributed by atoms with van der Waals surface area (Å²) in [5, 5.41) is 7.87. The maximum absolute atomic E-state index is 5.52. The van der Waals surface area contributed by atoms with Gasteiger partial charge in [-0.1, -0.05) is 0 Å². The van der Waals surface area contributed by atoms with E-state index < -0.39 is 0 Å². The first-order valence-corrected chi connectivity index (χ1v) is 4.30. The molecule has 5 nitrogen and oxygen atoms in total. The summed E-state index contributed by atoms with van der Waals surface area (Å²) in [5.74, 6) is 0.799. The van der Waals surface area contributed by atoms with Crippen molar-refractivity contribution in [3.8, 4) is 11.5 Å². The number of aromatic nitrogens is 4. The molecule has 0 spiro atoms. The van der Waals surface area contributed by atoms with E-state index in [4.69, 9.17) is 5.73 Å². The number of imidazole rings is 1. The molecule has 2 aromatic rings. The van der Waals surface area contributed by atoms with Crippen molar-refractivity contribution in [1.82, 2.24) is 19.7 Å². The number of hydrogen-bond donors (Lipinski definition) is 1. The van der Waals surface area contributed by atoms with Crippen molar-refractivity contribution in [3.63, 3.8) is 0 Å². The molecular formula is C9H11N5. The molecule has 0 aromatic carbocycles. The Balaban J connectivity index is 2.47. The third kappa shape index (κ3) is 1.49. The van der Waals surface area contributed by atoms with E-state index in [-0.39, 0.29) is 0 Å². The third-order valence-electron chi connectivity index (χ3n) is 2.00. The Morgan fingerprint density at radius 1 is 1.50 bits per heavy atom. The minimum absolute atomic E-state index is 0.465. The van der Waals surface area contributed by atoms with Gasteiger partial charge in [-0.25, -0.2) is 4.98 Å². The second kappa shape index (κ2) is 3.55. The van der Waals surface area contributed by atoms with Crippen LogP contribution in [0.3, 0.4) is 0 Å². The molecule has 0 amide bonds. The van der Waals surface area contributed by atoms with Gasteiger partial charge >= 0.3 is 0 Å². The van der Waals surface area contributed by atoms with Crippen molar-refractivity contribution in [3.05, 3.63) is 30.2 Å². The summed E-state index contributed by atoms with van der Waals surface area (Å²) in [6.07, 6.45) is 5.25. The second-order valence-corrected chi connectivity index (χ2v) is 3.01. The van der Waals surface area contributed by atoms with Crippen molar-refractivity contribution in [2.75, 3.05) is 0 Å². The maximum Gasteiger partial charge on any atom is 0.160 e. The van der Waals surface area contributed by atoms with E-state index >= 15 is 0 Å². The fourth-order valence-corrected chi connectivity index (χ4v) is 1.24. The molecule has 0 atom stereocenters. The summed E-state index contributed by atoms with van der Waals surface area (Å²) in [4.78, 5) is 4.18. The van der Waals surface area contributed by atoms with Crippen LogP contribution >= 0.6 is 0 Å². The molecule has 0 bridgehead atoms. The Morgan fingerprint density at radius 2 is 2.36 bits per heavy atom. The number of nitrogens with two attached hydrogens (primary N) is 1. The van der Waals surface area contributed by atoms with Gasteiger partial charge in [0.2, 0.25) is 0 Å². The maximum atomic E-state index is 5.52. The largest absolute Gasteiger partial charge is 0.333 e. The SMILES string of the molecule is Cn1ccnc1-c1cc(CN)cnn1. The predicted octanol–water partition coefficient (Wildman–Crippen LogP) is 0.336. The predicted molar refractivity (Wildman–Crippen MR) is 52.1 cm³/mol. The van der Waals surface area contributed by atoms with Crippen LogP contribution in [0.1, 0.15) is 5.56 Å². The average molecular weight is 189 g/mol. The van der Waals surface area contributed by atoms with Gasteiger partial charge in [-0.05, 0) is 11.6 Å². The Labute approximate surface area is 81.6 Å². The molecule has 2 aromatic heterocycles. The van der Waals surface area contributed by atoms with E-state index in [1.54, 1.807) is 12.4 Å². The number of hydrogen-bond acceptors (Lipinski definition) is 4. The van der Waals surface area contributed by atoms with Gasteiger partial charge in [-0.3, -0.25) is 0 Å². The van der Waals surface area contributed by atoms with Gasteiger partial charge in [0.15, 0.2) is 5.82 Å². The van der Waals surface area contributed by atoms with Crippen LogP contribution in [-0.4, -0.2) is 19.7 Å². The first-order chi connectivity index (χ1) is 6.81. The second-order valence-electron chi connectivity index (χ2n) is 3.01. The smallest absolute Gasteiger partial charge is 0.160 e. The third-order valence-corrected chi connectivity index (χ3v) is 2.00. The lowest BCUT2D eigenvalue weighted by molar-refractivity contribution is 0.895. The van der Waals surface area contributed by atoms with Gasteiger partial charge in [0, 0.05) is 26.0 Å². The van der Waals surface area contributed by atoms with E-state index in [0.717, 1.165) is 17.1 Å². The van der Waals surface area contributed by atoms with Crippen molar-refractivity contribution < 1.29 is 0 Å². The van der Waals surface area contributed by atoms with Crippen molar-refractivity contribution in [1.29, 1.82) is 0 Å². The van der Waals surface area contributed by atoms with Crippen LogP contribution in [0, 0.1) is 0 Å². The summed E-state index contributed by atoms with van der Waals surface area (Å²) in [5.41, 5.74) is 7.22. The van der Waals surface area contributed by atoms with Crippen LogP contribution in [0.15, 0.2) is 24.7 Å². The molecule has 0 saturated heterocycles. The molecular weight excluding hydrogens is 178 g/mol. The zero-order chi connectivity index (χ0) is 9.97. The molecule has 72 valence electrons. The minimum Gasteiger partial charge on any atom is -0.333 e. The average Bonchev–Trinajstić information content (AvgIpc) is 2.65. The molecule has 0 radical (unpaired) electrons. The molecule has 2 heterocycles. The summed E-state index contributed by atoms with van der Waals surface area (Å²) in [6.45, 7) is 0.465. The van der Waals surface area contributed by atoms with Crippen molar-refractivity contribution in [2.24, 2.45) is 12.8 Å². The Bertz CT molecular complexity index is 434. The molecule has 0 aliphatic heterocycles. The molecule has 2 rings (SSSR count). The van der Waals surface area contributed by atoms with Crippen LogP contribution in [-0.2, 0) is 13.6 Å². The fraction of sp³-hybridized carbons (Fsp3) is 0.222. The lowest BCUT2D eigenvalue weighted by atomic mass is 10.2. The zero-order valence-corrected chi connectivity index (χ0v) is 7.88. The highest BCUT2D eigenvalue weighted by Gasteiger charge is 2.05. The highest BCUT2D eigenvalue weighted by Crippen LogP contribution is 2.13. The van der Waals surface area contributed by atoms with Crippen molar-refractivity contribution in [2.45, 2.75) is 6.54 Å². The minimum atomic E-state index is 0.465. The molecule has 5 heteroatoms. The first-order valence-electron chi connectivity index (χ1n) is 4.30. The van der Waals surface area contributed by atoms with Gasteiger partial charge in [0.25, 0.3) is 0 Å². The number of aryl methyl sites for hydroxylation is 1. The van der Waals surface area contributed by atoms with E-state index in [1.807, 2.05) is 23.9 Å². The summed E-state index contributed by atoms with van der Waals surface area (Å²) in [7, 11) is 1.92.